The summed E-state index contributed by atoms with van der Waals surface area (Å²) in [5.41, 5.74) is 34.5. The molecule has 0 saturated heterocycles. The SMILES string of the molecule is Cc1ccc(N(c2ccccc2)c2ccc3c4cc5c(cc4n4c6ccccc6c2c34)c2ccc(N(c3ccc(C)cc3)c3cccc(CC(C)c4ccc(N(c6ccccc6)c6ccc7c8cc9c(cc8n8c%10ccccc%10c6c78)c6ccc(N(c7ccccc7)c7ccc(C(C)C)cc7)c7c8ccccc8n9c67)cc4)c3)c3c4ccccc4n5c23)cc1. The first kappa shape index (κ1) is 70.2. The van der Waals surface area contributed by atoms with Crippen LogP contribution in [0, 0.1) is 13.8 Å². The Morgan fingerprint density at radius 2 is 0.476 bits per heavy atom. The standard InChI is InChI=1S/C116H82N8/c1-70(2)75-44-52-82(53-45-75)118(78-27-11-7-12-28-78)102-61-57-86-93-66-106-94(67-105(93)122-98-37-20-16-33-90(98)110(102)114(86)122)87-58-62-103(111-91-34-17-21-38-99(91)123(106)115(87)111)119(79-29-13-8-14-30-79)83-54-46-76(47-55-83)73(5)64-74-24-23-31-84(65-74)120(81-50-42-72(4)43-51-81)104-63-59-88-96-69-107-95(68-108(96)124-100-39-22-18-35-92(100)112(104)116(88)124)85-56-60-101(109-89-32-15-19-36-97(89)121(107)113(85)109)117(77-25-9-6-10-26-77)80-48-40-71(3)41-49-80/h6-63,65-70,73H,64H2,1-5H3. The van der Waals surface area contributed by atoms with Crippen LogP contribution in [0.5, 0.6) is 0 Å². The van der Waals surface area contributed by atoms with E-state index in [0.717, 1.165) is 74.7 Å². The lowest BCUT2D eigenvalue weighted by atomic mass is 9.93. The molecule has 0 radical (unpaired) electrons. The highest BCUT2D eigenvalue weighted by Crippen LogP contribution is 2.56. The summed E-state index contributed by atoms with van der Waals surface area (Å²) in [4.78, 5) is 9.89. The molecular weight excluding hydrogens is 1510 g/mol. The van der Waals surface area contributed by atoms with Gasteiger partial charge in [-0.1, -0.05) is 244 Å². The fourth-order valence-corrected chi connectivity index (χ4v) is 21.8. The number of nitrogens with zero attached hydrogens (tertiary/aromatic N) is 8. The van der Waals surface area contributed by atoms with Gasteiger partial charge in [0.2, 0.25) is 0 Å². The van der Waals surface area contributed by atoms with E-state index in [9.17, 15) is 0 Å². The van der Waals surface area contributed by atoms with E-state index in [1.54, 1.807) is 0 Å². The van der Waals surface area contributed by atoms with Crippen molar-refractivity contribution in [1.29, 1.82) is 0 Å². The largest absolute Gasteiger partial charge is 0.310 e. The highest BCUT2D eigenvalue weighted by Gasteiger charge is 2.32. The number of aromatic nitrogens is 4. The smallest absolute Gasteiger partial charge is 0.0641 e. The lowest BCUT2D eigenvalue weighted by Gasteiger charge is -2.28. The molecule has 8 nitrogen and oxygen atoms in total. The van der Waals surface area contributed by atoms with E-state index in [1.807, 2.05) is 0 Å². The number of aryl methyl sites for hydroxylation is 2. The molecule has 18 aromatic carbocycles. The fraction of sp³-hybridized carbons (Fsp3) is 0.0690. The second-order valence-electron chi connectivity index (χ2n) is 34.7. The van der Waals surface area contributed by atoms with Crippen molar-refractivity contribution in [2.75, 3.05) is 19.6 Å². The van der Waals surface area contributed by atoms with Gasteiger partial charge in [-0.3, -0.25) is 0 Å². The minimum absolute atomic E-state index is 0.196. The zero-order valence-electron chi connectivity index (χ0n) is 69.3. The van der Waals surface area contributed by atoms with Gasteiger partial charge < -0.3 is 37.2 Å². The topological polar surface area (TPSA) is 30.6 Å². The van der Waals surface area contributed by atoms with E-state index < -0.39 is 0 Å². The third kappa shape index (κ3) is 10.1. The first-order valence-corrected chi connectivity index (χ1v) is 43.5. The number of rotatable bonds is 16. The Morgan fingerprint density at radius 1 is 0.210 bits per heavy atom. The summed E-state index contributed by atoms with van der Waals surface area (Å²) in [5, 5.41) is 19.8. The molecule has 0 saturated carbocycles. The summed E-state index contributed by atoms with van der Waals surface area (Å²) in [7, 11) is 0. The van der Waals surface area contributed by atoms with E-state index in [1.165, 1.54) is 180 Å². The average Bonchev–Trinajstić information content (AvgIpc) is 1.51. The van der Waals surface area contributed by atoms with E-state index in [2.05, 4.69) is 454 Å². The minimum Gasteiger partial charge on any atom is -0.310 e. The van der Waals surface area contributed by atoms with E-state index in [4.69, 9.17) is 0 Å². The highest BCUT2D eigenvalue weighted by atomic mass is 15.2. The first-order chi connectivity index (χ1) is 61.1. The lowest BCUT2D eigenvalue weighted by Crippen LogP contribution is -2.11. The molecule has 1 unspecified atom stereocenters. The average molecular weight is 1590 g/mol. The summed E-state index contributed by atoms with van der Waals surface area (Å²) < 4.78 is 10.2. The molecule has 8 aromatic heterocycles. The van der Waals surface area contributed by atoms with Crippen molar-refractivity contribution >= 4 is 221 Å². The Morgan fingerprint density at radius 3 is 0.790 bits per heavy atom. The molecule has 0 aliphatic rings. The minimum atomic E-state index is 0.196. The quantitative estimate of drug-likeness (QED) is 0.0965. The Labute approximate surface area is 715 Å². The highest BCUT2D eigenvalue weighted by molar-refractivity contribution is 6.35. The summed E-state index contributed by atoms with van der Waals surface area (Å²) in [5.74, 6) is 0.631. The molecule has 0 aliphatic heterocycles. The molecule has 586 valence electrons. The molecule has 8 heterocycles. The van der Waals surface area contributed by atoms with Gasteiger partial charge in [-0.2, -0.15) is 0 Å². The predicted molar refractivity (Wildman–Crippen MR) is 526 cm³/mol. The monoisotopic (exact) mass is 1590 g/mol. The van der Waals surface area contributed by atoms with Gasteiger partial charge in [0.25, 0.3) is 0 Å². The third-order valence-corrected chi connectivity index (χ3v) is 27.4. The number of hydrogen-bond donors (Lipinski definition) is 0. The number of benzene rings is 18. The molecule has 8 heteroatoms. The molecule has 0 N–H and O–H groups in total. The van der Waals surface area contributed by atoms with Crippen LogP contribution in [-0.2, 0) is 6.42 Å². The van der Waals surface area contributed by atoms with Gasteiger partial charge in [0.1, 0.15) is 0 Å². The maximum atomic E-state index is 2.57. The number of hydrogen-bond acceptors (Lipinski definition) is 4. The van der Waals surface area contributed by atoms with Crippen molar-refractivity contribution in [3.05, 3.63) is 410 Å². The number of para-hydroxylation sites is 7. The second-order valence-corrected chi connectivity index (χ2v) is 34.7. The van der Waals surface area contributed by atoms with E-state index in [0.29, 0.717) is 5.92 Å². The van der Waals surface area contributed by atoms with Crippen molar-refractivity contribution in [2.45, 2.75) is 52.9 Å². The van der Waals surface area contributed by atoms with Gasteiger partial charge in [-0.15, -0.1) is 0 Å². The molecule has 26 rings (SSSR count). The molecule has 0 spiro atoms. The van der Waals surface area contributed by atoms with Crippen LogP contribution >= 0.6 is 0 Å². The first-order valence-electron chi connectivity index (χ1n) is 43.5. The zero-order valence-corrected chi connectivity index (χ0v) is 69.3. The Balaban J connectivity index is 0.565. The second kappa shape index (κ2) is 26.7. The van der Waals surface area contributed by atoms with Gasteiger partial charge in [0.15, 0.2) is 0 Å². The number of anilines is 12. The van der Waals surface area contributed by atoms with Crippen LogP contribution in [0.25, 0.3) is 152 Å². The molecular formula is C116H82N8. The van der Waals surface area contributed by atoms with Gasteiger partial charge in [-0.05, 0) is 219 Å². The Bertz CT molecular complexity index is 8760. The van der Waals surface area contributed by atoms with Crippen LogP contribution in [0.15, 0.2) is 382 Å². The van der Waals surface area contributed by atoms with Crippen molar-refractivity contribution in [3.8, 4) is 0 Å². The van der Waals surface area contributed by atoms with Crippen molar-refractivity contribution < 1.29 is 0 Å². The maximum absolute atomic E-state index is 2.57. The normalized spacial score (nSPS) is 12.6. The van der Waals surface area contributed by atoms with Crippen LogP contribution in [0.2, 0.25) is 0 Å². The van der Waals surface area contributed by atoms with Gasteiger partial charge in [0.05, 0.1) is 88.9 Å². The molecule has 124 heavy (non-hydrogen) atoms. The van der Waals surface area contributed by atoms with Gasteiger partial charge >= 0.3 is 0 Å². The van der Waals surface area contributed by atoms with Crippen LogP contribution in [0.3, 0.4) is 0 Å². The molecule has 0 aliphatic carbocycles. The molecule has 1 atom stereocenters. The summed E-state index contributed by atoms with van der Waals surface area (Å²) in [6.07, 6.45) is 0.848. The Kier molecular flexibility index (Phi) is 15.1. The fourth-order valence-electron chi connectivity index (χ4n) is 21.8. The Hall–Kier alpha value is -15.6. The van der Waals surface area contributed by atoms with Crippen molar-refractivity contribution in [1.82, 2.24) is 17.6 Å². The van der Waals surface area contributed by atoms with Crippen LogP contribution < -0.4 is 19.6 Å². The number of fused-ring (bicyclic) bond motifs is 24. The molecule has 0 bridgehead atoms. The third-order valence-electron chi connectivity index (χ3n) is 27.4. The van der Waals surface area contributed by atoms with E-state index >= 15 is 0 Å². The summed E-state index contributed by atoms with van der Waals surface area (Å²) >= 11 is 0. The van der Waals surface area contributed by atoms with Crippen LogP contribution in [0.4, 0.5) is 68.2 Å². The van der Waals surface area contributed by atoms with E-state index in [-0.39, 0.29) is 5.92 Å². The van der Waals surface area contributed by atoms with Crippen molar-refractivity contribution in [2.24, 2.45) is 0 Å². The summed E-state index contributed by atoms with van der Waals surface area (Å²) in [6.45, 7) is 11.3. The van der Waals surface area contributed by atoms with Crippen LogP contribution in [0.1, 0.15) is 60.4 Å². The van der Waals surface area contributed by atoms with Crippen molar-refractivity contribution in [3.63, 3.8) is 0 Å². The zero-order chi connectivity index (χ0) is 82.0. The summed E-state index contributed by atoms with van der Waals surface area (Å²) in [6, 6.07) is 144. The van der Waals surface area contributed by atoms with Gasteiger partial charge in [0, 0.05) is 132 Å². The molecule has 0 fully saturated rings. The van der Waals surface area contributed by atoms with Gasteiger partial charge in [-0.25, -0.2) is 0 Å². The van der Waals surface area contributed by atoms with Crippen LogP contribution in [-0.4, -0.2) is 17.6 Å². The predicted octanol–water partition coefficient (Wildman–Crippen LogP) is 32.3. The lowest BCUT2D eigenvalue weighted by molar-refractivity contribution is 0.759. The maximum Gasteiger partial charge on any atom is 0.0641 e. The molecule has 26 aromatic rings. The molecule has 0 amide bonds.